The van der Waals surface area contributed by atoms with Gasteiger partial charge in [-0.25, -0.2) is 8.42 Å². The van der Waals surface area contributed by atoms with Gasteiger partial charge in [0, 0.05) is 0 Å². The van der Waals surface area contributed by atoms with Crippen LogP contribution in [0, 0.1) is 0 Å². The van der Waals surface area contributed by atoms with Crippen molar-refractivity contribution in [3.05, 3.63) is 0 Å². The maximum atomic E-state index is 9.73. The molecule has 0 saturated heterocycles. The van der Waals surface area contributed by atoms with Gasteiger partial charge in [-0.2, -0.15) is 0 Å². The van der Waals surface area contributed by atoms with Crippen molar-refractivity contribution in [2.45, 2.75) is 19.8 Å². The molecule has 6 heteroatoms. The van der Waals surface area contributed by atoms with Gasteiger partial charge in [-0.05, 0) is 6.42 Å². The molecule has 0 unspecified atom stereocenters. The predicted octanol–water partition coefficient (Wildman–Crippen LogP) is 0.261. The summed E-state index contributed by atoms with van der Waals surface area (Å²) in [4.78, 5) is 0. The Labute approximate surface area is 71.4 Å². The Morgan fingerprint density at radius 2 is 2.00 bits per heavy atom. The van der Waals surface area contributed by atoms with Crippen LogP contribution in [0.1, 0.15) is 19.8 Å². The summed E-state index contributed by atoms with van der Waals surface area (Å²) in [5.74, 6) is 0. The van der Waals surface area contributed by atoms with Gasteiger partial charge in [0.15, 0.2) is 0 Å². The maximum Gasteiger partial charge on any atom is 1.00 e. The number of hydrogen-bond donors (Lipinski definition) is 0. The minimum Gasteiger partial charge on any atom is -0.726 e. The molecule has 0 heterocycles. The first-order chi connectivity index (χ1) is 4.06. The molecular weight excluding hydrogens is 208 g/mol. The van der Waals surface area contributed by atoms with Gasteiger partial charge in [-0.3, -0.25) is 4.18 Å². The summed E-state index contributed by atoms with van der Waals surface area (Å²) in [7, 11) is -4.45. The molecule has 10 heavy (non-hydrogen) atoms. The van der Waals surface area contributed by atoms with Gasteiger partial charge in [0.05, 0.1) is 6.61 Å². The molecular formula is C4H9CuO4S. The molecule has 0 spiro atoms. The molecule has 0 amide bonds. The van der Waals surface area contributed by atoms with Crippen molar-refractivity contribution in [1.29, 1.82) is 0 Å². The third-order valence-corrected chi connectivity index (χ3v) is 1.18. The van der Waals surface area contributed by atoms with Crippen LogP contribution < -0.4 is 0 Å². The topological polar surface area (TPSA) is 66.4 Å². The minimum atomic E-state index is -4.45. The first kappa shape index (κ1) is 13.0. The number of rotatable bonds is 4. The van der Waals surface area contributed by atoms with Crippen LogP contribution in [0.3, 0.4) is 0 Å². The van der Waals surface area contributed by atoms with E-state index in [2.05, 4.69) is 4.18 Å². The third-order valence-electron chi connectivity index (χ3n) is 0.726. The molecule has 0 N–H and O–H groups in total. The second-order valence-corrected chi connectivity index (χ2v) is 2.64. The van der Waals surface area contributed by atoms with Crippen molar-refractivity contribution in [2.24, 2.45) is 0 Å². The normalized spacial score (nSPS) is 10.6. The average molecular weight is 217 g/mol. The van der Waals surface area contributed by atoms with Crippen molar-refractivity contribution < 1.29 is 34.2 Å². The molecule has 66 valence electrons. The van der Waals surface area contributed by atoms with E-state index in [0.717, 1.165) is 6.42 Å². The van der Waals surface area contributed by atoms with E-state index in [1.54, 1.807) is 0 Å². The molecule has 0 atom stereocenters. The van der Waals surface area contributed by atoms with Gasteiger partial charge in [0.25, 0.3) is 0 Å². The second-order valence-electron chi connectivity index (χ2n) is 1.58. The zero-order chi connectivity index (χ0) is 7.33. The van der Waals surface area contributed by atoms with Crippen LogP contribution in [0.2, 0.25) is 0 Å². The molecule has 0 aromatic carbocycles. The fraction of sp³-hybridized carbons (Fsp3) is 1.00. The molecule has 0 saturated carbocycles. The van der Waals surface area contributed by atoms with E-state index >= 15 is 0 Å². The van der Waals surface area contributed by atoms with Crippen LogP contribution in [0.15, 0.2) is 0 Å². The van der Waals surface area contributed by atoms with Gasteiger partial charge in [0.1, 0.15) is 0 Å². The van der Waals surface area contributed by atoms with Gasteiger partial charge >= 0.3 is 17.1 Å². The van der Waals surface area contributed by atoms with E-state index in [4.69, 9.17) is 0 Å². The zero-order valence-electron chi connectivity index (χ0n) is 5.46. The van der Waals surface area contributed by atoms with Crippen molar-refractivity contribution in [3.63, 3.8) is 0 Å². The summed E-state index contributed by atoms with van der Waals surface area (Å²) in [6, 6.07) is 0. The molecule has 0 fully saturated rings. The molecule has 0 aliphatic heterocycles. The largest absolute Gasteiger partial charge is 1.00 e. The summed E-state index contributed by atoms with van der Waals surface area (Å²) >= 11 is 0. The Bertz CT molecular complexity index is 153. The van der Waals surface area contributed by atoms with E-state index in [-0.39, 0.29) is 23.7 Å². The molecule has 0 aromatic heterocycles. The Balaban J connectivity index is 0. The quantitative estimate of drug-likeness (QED) is 0.293. The van der Waals surface area contributed by atoms with Crippen molar-refractivity contribution in [2.75, 3.05) is 6.61 Å². The average Bonchev–Trinajstić information content (AvgIpc) is 1.63. The van der Waals surface area contributed by atoms with Crippen LogP contribution >= 0.6 is 0 Å². The number of unbranched alkanes of at least 4 members (excludes halogenated alkanes) is 1. The van der Waals surface area contributed by atoms with Gasteiger partial charge in [-0.1, -0.05) is 13.3 Å². The molecule has 0 rings (SSSR count). The second kappa shape index (κ2) is 6.12. The van der Waals surface area contributed by atoms with Crippen molar-refractivity contribution in [1.82, 2.24) is 0 Å². The maximum absolute atomic E-state index is 9.73. The molecule has 4 nitrogen and oxygen atoms in total. The standard InChI is InChI=1S/C4H10O4S.Cu/c1-2-3-4-8-9(5,6)7;/h2-4H2,1H3,(H,5,6,7);/q;+1/p-1. The fourth-order valence-corrected chi connectivity index (χ4v) is 0.627. The predicted molar refractivity (Wildman–Crippen MR) is 30.6 cm³/mol. The van der Waals surface area contributed by atoms with E-state index in [9.17, 15) is 13.0 Å². The molecule has 0 radical (unpaired) electrons. The summed E-state index contributed by atoms with van der Waals surface area (Å²) in [6.45, 7) is 1.88. The van der Waals surface area contributed by atoms with E-state index < -0.39 is 10.4 Å². The summed E-state index contributed by atoms with van der Waals surface area (Å²) in [5, 5.41) is 0. The number of hydrogen-bond acceptors (Lipinski definition) is 4. The van der Waals surface area contributed by atoms with E-state index in [1.807, 2.05) is 6.92 Å². The SMILES string of the molecule is CCCCOS(=O)(=O)[O-].[Cu+]. The third kappa shape index (κ3) is 11.2. The Morgan fingerprint density at radius 1 is 1.50 bits per heavy atom. The molecule has 0 bridgehead atoms. The first-order valence-corrected chi connectivity index (χ1v) is 4.00. The minimum absolute atomic E-state index is 0. The summed E-state index contributed by atoms with van der Waals surface area (Å²) in [5.41, 5.74) is 0. The first-order valence-electron chi connectivity index (χ1n) is 2.66. The fourth-order valence-electron chi connectivity index (χ4n) is 0.305. The van der Waals surface area contributed by atoms with Crippen molar-refractivity contribution in [3.8, 4) is 0 Å². The molecule has 0 aromatic rings. The van der Waals surface area contributed by atoms with Gasteiger partial charge in [-0.15, -0.1) is 0 Å². The Morgan fingerprint density at radius 3 is 2.30 bits per heavy atom. The molecule has 0 aliphatic rings. The van der Waals surface area contributed by atoms with Crippen molar-refractivity contribution >= 4 is 10.4 Å². The Kier molecular flexibility index (Phi) is 7.97. The van der Waals surface area contributed by atoms with E-state index in [1.165, 1.54) is 0 Å². The monoisotopic (exact) mass is 216 g/mol. The van der Waals surface area contributed by atoms with E-state index in [0.29, 0.717) is 6.42 Å². The van der Waals surface area contributed by atoms with Gasteiger partial charge < -0.3 is 4.55 Å². The smallest absolute Gasteiger partial charge is 0.726 e. The van der Waals surface area contributed by atoms with Crippen LogP contribution in [-0.4, -0.2) is 19.6 Å². The molecule has 0 aliphatic carbocycles. The van der Waals surface area contributed by atoms with Gasteiger partial charge in [0.2, 0.25) is 10.4 Å². The summed E-state index contributed by atoms with van der Waals surface area (Å²) in [6.07, 6.45) is 1.41. The Hall–Kier alpha value is 0.389. The summed E-state index contributed by atoms with van der Waals surface area (Å²) < 4.78 is 33.1. The van der Waals surface area contributed by atoms with Crippen LogP contribution in [-0.2, 0) is 31.7 Å². The van der Waals surface area contributed by atoms with Crippen LogP contribution in [0.4, 0.5) is 0 Å². The zero-order valence-corrected chi connectivity index (χ0v) is 7.22. The van der Waals surface area contributed by atoms with Crippen LogP contribution in [0.25, 0.3) is 0 Å². The van der Waals surface area contributed by atoms with Crippen LogP contribution in [0.5, 0.6) is 0 Å².